The van der Waals surface area contributed by atoms with Crippen LogP contribution in [0.2, 0.25) is 0 Å². The SMILES string of the molecule is CCCCN1C2=NCCN2c2cc(C)c(C)cc21. The van der Waals surface area contributed by atoms with Gasteiger partial charge in [-0.15, -0.1) is 0 Å². The van der Waals surface area contributed by atoms with E-state index in [-0.39, 0.29) is 0 Å². The molecule has 0 amide bonds. The monoisotopic (exact) mass is 243 g/mol. The Morgan fingerprint density at radius 1 is 1.17 bits per heavy atom. The van der Waals surface area contributed by atoms with E-state index in [1.54, 1.807) is 0 Å². The van der Waals surface area contributed by atoms with Gasteiger partial charge in [0.05, 0.1) is 17.9 Å². The van der Waals surface area contributed by atoms with Crippen LogP contribution in [-0.2, 0) is 0 Å². The van der Waals surface area contributed by atoms with E-state index >= 15 is 0 Å². The summed E-state index contributed by atoms with van der Waals surface area (Å²) in [6.07, 6.45) is 2.45. The topological polar surface area (TPSA) is 18.8 Å². The summed E-state index contributed by atoms with van der Waals surface area (Å²) in [4.78, 5) is 9.45. The summed E-state index contributed by atoms with van der Waals surface area (Å²) >= 11 is 0. The number of nitrogens with zero attached hydrogens (tertiary/aromatic N) is 3. The summed E-state index contributed by atoms with van der Waals surface area (Å²) in [6, 6.07) is 4.64. The number of anilines is 2. The lowest BCUT2D eigenvalue weighted by atomic mass is 10.1. The first-order valence-electron chi connectivity index (χ1n) is 6.93. The van der Waals surface area contributed by atoms with E-state index in [9.17, 15) is 0 Å². The molecule has 3 heteroatoms. The zero-order chi connectivity index (χ0) is 12.7. The molecule has 0 aromatic heterocycles. The minimum absolute atomic E-state index is 0.935. The molecule has 96 valence electrons. The van der Waals surface area contributed by atoms with Gasteiger partial charge >= 0.3 is 0 Å². The number of rotatable bonds is 3. The quantitative estimate of drug-likeness (QED) is 0.812. The highest BCUT2D eigenvalue weighted by Gasteiger charge is 2.35. The molecule has 0 spiro atoms. The maximum atomic E-state index is 4.67. The van der Waals surface area contributed by atoms with Crippen molar-refractivity contribution in [2.24, 2.45) is 4.99 Å². The van der Waals surface area contributed by atoms with Gasteiger partial charge < -0.3 is 9.80 Å². The average molecular weight is 243 g/mol. The summed E-state index contributed by atoms with van der Waals surface area (Å²) in [6.45, 7) is 9.68. The standard InChI is InChI=1S/C15H21N3/c1-4-5-7-17-13-9-11(2)12(3)10-14(13)18-8-6-16-15(17)18/h9-10H,4-8H2,1-3H3. The summed E-state index contributed by atoms with van der Waals surface area (Å²) in [7, 11) is 0. The maximum absolute atomic E-state index is 4.67. The second kappa shape index (κ2) is 4.30. The van der Waals surface area contributed by atoms with Gasteiger partial charge in [0.1, 0.15) is 0 Å². The largest absolute Gasteiger partial charge is 0.310 e. The molecule has 0 unspecified atom stereocenters. The number of hydrogen-bond acceptors (Lipinski definition) is 3. The van der Waals surface area contributed by atoms with Crippen LogP contribution in [0.15, 0.2) is 17.1 Å². The van der Waals surface area contributed by atoms with E-state index in [1.165, 1.54) is 41.3 Å². The predicted molar refractivity (Wildman–Crippen MR) is 77.8 cm³/mol. The smallest absolute Gasteiger partial charge is 0.205 e. The summed E-state index contributed by atoms with van der Waals surface area (Å²) < 4.78 is 0. The van der Waals surface area contributed by atoms with Gasteiger partial charge in [-0.25, -0.2) is 0 Å². The average Bonchev–Trinajstić information content (AvgIpc) is 2.90. The molecular formula is C15H21N3. The van der Waals surface area contributed by atoms with Gasteiger partial charge in [-0.2, -0.15) is 0 Å². The Morgan fingerprint density at radius 2 is 1.89 bits per heavy atom. The number of fused-ring (bicyclic) bond motifs is 3. The molecular weight excluding hydrogens is 222 g/mol. The Kier molecular flexibility index (Phi) is 2.77. The van der Waals surface area contributed by atoms with Crippen molar-refractivity contribution < 1.29 is 0 Å². The number of aliphatic imine (C=N–C) groups is 1. The van der Waals surface area contributed by atoms with E-state index in [2.05, 4.69) is 47.7 Å². The number of guanidine groups is 1. The molecule has 2 aliphatic rings. The molecule has 1 aromatic rings. The van der Waals surface area contributed by atoms with Crippen LogP contribution < -0.4 is 9.80 Å². The fourth-order valence-electron chi connectivity index (χ4n) is 2.76. The third-order valence-electron chi connectivity index (χ3n) is 3.97. The molecule has 2 aliphatic heterocycles. The molecule has 0 saturated carbocycles. The second-order valence-electron chi connectivity index (χ2n) is 5.26. The van der Waals surface area contributed by atoms with Crippen LogP contribution in [0.3, 0.4) is 0 Å². The highest BCUT2D eigenvalue weighted by atomic mass is 15.5. The first kappa shape index (κ1) is 11.6. The van der Waals surface area contributed by atoms with Gasteiger partial charge in [-0.3, -0.25) is 4.99 Å². The highest BCUT2D eigenvalue weighted by molar-refractivity contribution is 6.17. The summed E-state index contributed by atoms with van der Waals surface area (Å²) in [5, 5.41) is 0. The second-order valence-corrected chi connectivity index (χ2v) is 5.26. The van der Waals surface area contributed by atoms with E-state index in [0.717, 1.165) is 19.6 Å². The normalized spacial score (nSPS) is 16.9. The van der Waals surface area contributed by atoms with Crippen molar-refractivity contribution in [1.82, 2.24) is 0 Å². The Labute approximate surface area is 109 Å². The van der Waals surface area contributed by atoms with E-state index in [4.69, 9.17) is 0 Å². The predicted octanol–water partition coefficient (Wildman–Crippen LogP) is 3.10. The summed E-state index contributed by atoms with van der Waals surface area (Å²) in [5.74, 6) is 1.17. The molecule has 0 N–H and O–H groups in total. The lowest BCUT2D eigenvalue weighted by Gasteiger charge is -2.19. The molecule has 3 nitrogen and oxygen atoms in total. The van der Waals surface area contributed by atoms with Crippen molar-refractivity contribution in [3.63, 3.8) is 0 Å². The number of aryl methyl sites for hydroxylation is 2. The Bertz CT molecular complexity index is 505. The number of unbranched alkanes of at least 4 members (excludes halogenated alkanes) is 1. The third-order valence-corrected chi connectivity index (χ3v) is 3.97. The van der Waals surface area contributed by atoms with Crippen molar-refractivity contribution in [1.29, 1.82) is 0 Å². The molecule has 2 heterocycles. The van der Waals surface area contributed by atoms with Crippen molar-refractivity contribution in [3.05, 3.63) is 23.3 Å². The lowest BCUT2D eigenvalue weighted by Crippen LogP contribution is -2.35. The first-order chi connectivity index (χ1) is 8.72. The molecule has 0 bridgehead atoms. The van der Waals surface area contributed by atoms with Gasteiger partial charge in [0.25, 0.3) is 0 Å². The Balaban J connectivity index is 2.04. The minimum atomic E-state index is 0.935. The number of hydrogen-bond donors (Lipinski definition) is 0. The van der Waals surface area contributed by atoms with Crippen LogP contribution in [0.4, 0.5) is 11.4 Å². The Morgan fingerprint density at radius 3 is 2.61 bits per heavy atom. The molecule has 18 heavy (non-hydrogen) atoms. The molecule has 0 radical (unpaired) electrons. The van der Waals surface area contributed by atoms with Gasteiger partial charge in [-0.05, 0) is 43.5 Å². The molecule has 0 fully saturated rings. The van der Waals surface area contributed by atoms with Crippen LogP contribution in [0.1, 0.15) is 30.9 Å². The minimum Gasteiger partial charge on any atom is -0.310 e. The van der Waals surface area contributed by atoms with Crippen LogP contribution in [-0.4, -0.2) is 25.6 Å². The van der Waals surface area contributed by atoms with E-state index < -0.39 is 0 Å². The van der Waals surface area contributed by atoms with Crippen LogP contribution in [0, 0.1) is 13.8 Å². The van der Waals surface area contributed by atoms with Gasteiger partial charge in [0.15, 0.2) is 0 Å². The van der Waals surface area contributed by atoms with Gasteiger partial charge in [0.2, 0.25) is 5.96 Å². The van der Waals surface area contributed by atoms with Crippen molar-refractivity contribution in [2.45, 2.75) is 33.6 Å². The molecule has 0 atom stereocenters. The van der Waals surface area contributed by atoms with Gasteiger partial charge in [-0.1, -0.05) is 13.3 Å². The van der Waals surface area contributed by atoms with E-state index in [0.29, 0.717) is 0 Å². The molecule has 0 aliphatic carbocycles. The fourth-order valence-corrected chi connectivity index (χ4v) is 2.76. The van der Waals surface area contributed by atoms with Crippen LogP contribution in [0.5, 0.6) is 0 Å². The van der Waals surface area contributed by atoms with E-state index in [1.807, 2.05) is 0 Å². The fraction of sp³-hybridized carbons (Fsp3) is 0.533. The lowest BCUT2D eigenvalue weighted by molar-refractivity contribution is 0.797. The maximum Gasteiger partial charge on any atom is 0.205 e. The summed E-state index contributed by atoms with van der Waals surface area (Å²) in [5.41, 5.74) is 5.45. The molecule has 3 rings (SSSR count). The van der Waals surface area contributed by atoms with Crippen molar-refractivity contribution in [3.8, 4) is 0 Å². The zero-order valence-corrected chi connectivity index (χ0v) is 11.5. The van der Waals surface area contributed by atoms with Crippen LogP contribution >= 0.6 is 0 Å². The Hall–Kier alpha value is -1.51. The first-order valence-corrected chi connectivity index (χ1v) is 6.93. The zero-order valence-electron chi connectivity index (χ0n) is 11.5. The molecule has 1 aromatic carbocycles. The number of benzene rings is 1. The van der Waals surface area contributed by atoms with Crippen LogP contribution in [0.25, 0.3) is 0 Å². The third kappa shape index (κ3) is 1.61. The van der Waals surface area contributed by atoms with Crippen molar-refractivity contribution >= 4 is 17.3 Å². The molecule has 0 saturated heterocycles. The van der Waals surface area contributed by atoms with Crippen molar-refractivity contribution in [2.75, 3.05) is 29.4 Å². The highest BCUT2D eigenvalue weighted by Crippen LogP contribution is 2.40. The van der Waals surface area contributed by atoms with Gasteiger partial charge in [0, 0.05) is 13.1 Å².